The van der Waals surface area contributed by atoms with Gasteiger partial charge in [-0.3, -0.25) is 4.98 Å². The molecule has 2 amide bonds. The maximum Gasteiger partial charge on any atom is 0.322 e. The van der Waals surface area contributed by atoms with Gasteiger partial charge < -0.3 is 19.9 Å². The fourth-order valence-corrected chi connectivity index (χ4v) is 3.70. The van der Waals surface area contributed by atoms with Crippen molar-refractivity contribution in [1.29, 1.82) is 0 Å². The molecule has 4 rings (SSSR count). The van der Waals surface area contributed by atoms with Crippen LogP contribution in [0, 0.1) is 0 Å². The minimum Gasteiger partial charge on any atom is -0.383 e. The third kappa shape index (κ3) is 4.60. The summed E-state index contributed by atoms with van der Waals surface area (Å²) in [6.07, 6.45) is 4.55. The number of ether oxygens (including phenoxy) is 1. The van der Waals surface area contributed by atoms with Crippen LogP contribution in [-0.4, -0.2) is 42.7 Å². The Morgan fingerprint density at radius 1 is 1.13 bits per heavy atom. The highest BCUT2D eigenvalue weighted by Gasteiger charge is 2.20. The summed E-state index contributed by atoms with van der Waals surface area (Å²) in [4.78, 5) is 21.0. The second kappa shape index (κ2) is 9.41. The monoisotopic (exact) mass is 402 g/mol. The number of fused-ring (bicyclic) bond motifs is 1. The molecular formula is C24H26N4O2. The summed E-state index contributed by atoms with van der Waals surface area (Å²) in [6.45, 7) is 2.42. The van der Waals surface area contributed by atoms with E-state index in [2.05, 4.69) is 51.6 Å². The molecule has 0 saturated carbocycles. The Balaban J connectivity index is 1.43. The second-order valence-corrected chi connectivity index (χ2v) is 7.28. The predicted octanol–water partition coefficient (Wildman–Crippen LogP) is 4.46. The first-order valence-electron chi connectivity index (χ1n) is 10.1. The van der Waals surface area contributed by atoms with E-state index in [1.54, 1.807) is 24.4 Å². The zero-order valence-corrected chi connectivity index (χ0v) is 17.1. The van der Waals surface area contributed by atoms with E-state index < -0.39 is 0 Å². The number of aromatic nitrogens is 1. The molecule has 0 atom stereocenters. The Hall–Kier alpha value is -3.38. The third-order valence-corrected chi connectivity index (χ3v) is 5.27. The number of urea groups is 1. The lowest BCUT2D eigenvalue weighted by atomic mass is 10.2. The van der Waals surface area contributed by atoms with Gasteiger partial charge in [0.25, 0.3) is 0 Å². The molecular weight excluding hydrogens is 376 g/mol. The molecule has 6 nitrogen and oxygen atoms in total. The summed E-state index contributed by atoms with van der Waals surface area (Å²) in [5.74, 6) is 0. The number of nitrogens with one attached hydrogen (secondary N) is 1. The van der Waals surface area contributed by atoms with Crippen molar-refractivity contribution in [1.82, 2.24) is 9.88 Å². The molecule has 30 heavy (non-hydrogen) atoms. The van der Waals surface area contributed by atoms with Crippen LogP contribution in [0.3, 0.4) is 0 Å². The van der Waals surface area contributed by atoms with Crippen LogP contribution in [0.5, 0.6) is 0 Å². The number of methoxy groups -OCH3 is 1. The van der Waals surface area contributed by atoms with Gasteiger partial charge in [0.05, 0.1) is 6.61 Å². The lowest BCUT2D eigenvalue weighted by molar-refractivity contribution is 0.153. The maximum absolute atomic E-state index is 12.9. The predicted molar refractivity (Wildman–Crippen MR) is 119 cm³/mol. The van der Waals surface area contributed by atoms with Gasteiger partial charge in [-0.05, 0) is 53.9 Å². The van der Waals surface area contributed by atoms with Gasteiger partial charge in [0.2, 0.25) is 0 Å². The molecule has 2 heterocycles. The number of para-hydroxylation sites is 1. The fourth-order valence-electron chi connectivity index (χ4n) is 3.70. The van der Waals surface area contributed by atoms with Crippen molar-refractivity contribution in [3.05, 3.63) is 84.2 Å². The van der Waals surface area contributed by atoms with Crippen LogP contribution in [0.25, 0.3) is 0 Å². The number of hydrogen-bond acceptors (Lipinski definition) is 4. The molecule has 0 fully saturated rings. The van der Waals surface area contributed by atoms with Crippen LogP contribution in [0.15, 0.2) is 73.1 Å². The first-order valence-corrected chi connectivity index (χ1v) is 10.1. The van der Waals surface area contributed by atoms with Crippen molar-refractivity contribution in [2.24, 2.45) is 0 Å². The summed E-state index contributed by atoms with van der Waals surface area (Å²) < 4.78 is 5.17. The summed E-state index contributed by atoms with van der Waals surface area (Å²) in [6, 6.07) is 20.2. The topological polar surface area (TPSA) is 57.7 Å². The van der Waals surface area contributed by atoms with E-state index in [4.69, 9.17) is 4.74 Å². The molecule has 2 aromatic carbocycles. The molecule has 6 heteroatoms. The van der Waals surface area contributed by atoms with Crippen LogP contribution in [0.2, 0.25) is 0 Å². The van der Waals surface area contributed by atoms with E-state index in [1.807, 2.05) is 24.3 Å². The lowest BCUT2D eigenvalue weighted by Crippen LogP contribution is -2.36. The Morgan fingerprint density at radius 2 is 1.97 bits per heavy atom. The molecule has 0 saturated heterocycles. The normalized spacial score (nSPS) is 12.5. The molecule has 1 N–H and O–H groups in total. The molecule has 154 valence electrons. The van der Waals surface area contributed by atoms with E-state index in [-0.39, 0.29) is 6.03 Å². The molecule has 1 aromatic heterocycles. The third-order valence-electron chi connectivity index (χ3n) is 5.27. The molecule has 0 radical (unpaired) electrons. The Labute approximate surface area is 177 Å². The standard InChI is InChI=1S/C24H26N4O2/c1-30-16-15-27(18-19-5-4-13-25-17-19)24(29)26-21-8-10-22(11-9-21)28-14-12-20-6-2-3-7-23(20)28/h2-11,13,17H,12,14-16,18H2,1H3,(H,26,29). The van der Waals surface area contributed by atoms with Gasteiger partial charge in [-0.2, -0.15) is 0 Å². The number of nitrogens with zero attached hydrogens (tertiary/aromatic N) is 3. The zero-order chi connectivity index (χ0) is 20.8. The van der Waals surface area contributed by atoms with Gasteiger partial charge in [-0.25, -0.2) is 4.79 Å². The van der Waals surface area contributed by atoms with Gasteiger partial charge in [0.15, 0.2) is 0 Å². The highest BCUT2D eigenvalue weighted by molar-refractivity contribution is 5.89. The van der Waals surface area contributed by atoms with E-state index in [9.17, 15) is 4.79 Å². The quantitative estimate of drug-likeness (QED) is 0.634. The van der Waals surface area contributed by atoms with Crippen LogP contribution in [0.4, 0.5) is 21.9 Å². The van der Waals surface area contributed by atoms with E-state index in [0.717, 1.165) is 29.9 Å². The number of pyridine rings is 1. The van der Waals surface area contributed by atoms with Crippen molar-refractivity contribution in [2.45, 2.75) is 13.0 Å². The number of anilines is 3. The van der Waals surface area contributed by atoms with Crippen LogP contribution < -0.4 is 10.2 Å². The van der Waals surface area contributed by atoms with E-state index in [1.165, 1.54) is 11.3 Å². The van der Waals surface area contributed by atoms with Gasteiger partial charge in [0.1, 0.15) is 0 Å². The number of benzene rings is 2. The number of carbonyl (C=O) groups excluding carboxylic acids is 1. The number of carbonyl (C=O) groups is 1. The van der Waals surface area contributed by atoms with Crippen LogP contribution in [-0.2, 0) is 17.7 Å². The van der Waals surface area contributed by atoms with Crippen molar-refractivity contribution in [3.63, 3.8) is 0 Å². The van der Waals surface area contributed by atoms with Crippen molar-refractivity contribution in [3.8, 4) is 0 Å². The lowest BCUT2D eigenvalue weighted by Gasteiger charge is -2.23. The average Bonchev–Trinajstić information content (AvgIpc) is 3.22. The van der Waals surface area contributed by atoms with Crippen molar-refractivity contribution in [2.75, 3.05) is 37.0 Å². The van der Waals surface area contributed by atoms with Crippen molar-refractivity contribution >= 4 is 23.1 Å². The molecule has 0 aliphatic carbocycles. The molecule has 0 spiro atoms. The summed E-state index contributed by atoms with van der Waals surface area (Å²) in [5, 5.41) is 3.00. The number of hydrogen-bond donors (Lipinski definition) is 1. The smallest absolute Gasteiger partial charge is 0.322 e. The summed E-state index contributed by atoms with van der Waals surface area (Å²) >= 11 is 0. The molecule has 0 bridgehead atoms. The highest BCUT2D eigenvalue weighted by Crippen LogP contribution is 2.34. The van der Waals surface area contributed by atoms with Crippen LogP contribution in [0.1, 0.15) is 11.1 Å². The average molecular weight is 402 g/mol. The first kappa shape index (κ1) is 19.9. The molecule has 1 aliphatic heterocycles. The van der Waals surface area contributed by atoms with Gasteiger partial charge in [0, 0.05) is 56.2 Å². The highest BCUT2D eigenvalue weighted by atomic mass is 16.5. The summed E-state index contributed by atoms with van der Waals surface area (Å²) in [5.41, 5.74) is 5.51. The first-order chi connectivity index (χ1) is 14.7. The zero-order valence-electron chi connectivity index (χ0n) is 17.1. The molecule has 0 unspecified atom stereocenters. The number of rotatable bonds is 7. The van der Waals surface area contributed by atoms with E-state index >= 15 is 0 Å². The Bertz CT molecular complexity index is 976. The van der Waals surface area contributed by atoms with Crippen molar-refractivity contribution < 1.29 is 9.53 Å². The Morgan fingerprint density at radius 3 is 2.73 bits per heavy atom. The number of amides is 2. The fraction of sp³-hybridized carbons (Fsp3) is 0.250. The van der Waals surface area contributed by atoms with E-state index in [0.29, 0.717) is 19.7 Å². The molecule has 3 aromatic rings. The van der Waals surface area contributed by atoms with Gasteiger partial charge in [-0.1, -0.05) is 24.3 Å². The van der Waals surface area contributed by atoms with Gasteiger partial charge in [-0.15, -0.1) is 0 Å². The minimum atomic E-state index is -0.157. The summed E-state index contributed by atoms with van der Waals surface area (Å²) in [7, 11) is 1.63. The molecule has 1 aliphatic rings. The van der Waals surface area contributed by atoms with Gasteiger partial charge >= 0.3 is 6.03 Å². The minimum absolute atomic E-state index is 0.157. The maximum atomic E-state index is 12.9. The SMILES string of the molecule is COCCN(Cc1cccnc1)C(=O)Nc1ccc(N2CCc3ccccc32)cc1. The Kier molecular flexibility index (Phi) is 6.25. The largest absolute Gasteiger partial charge is 0.383 e. The van der Waals surface area contributed by atoms with Crippen LogP contribution >= 0.6 is 0 Å². The second-order valence-electron chi connectivity index (χ2n) is 7.28.